The van der Waals surface area contributed by atoms with Crippen LogP contribution in [0.2, 0.25) is 0 Å². The van der Waals surface area contributed by atoms with E-state index >= 15 is 0 Å². The van der Waals surface area contributed by atoms with Gasteiger partial charge in [-0.1, -0.05) is 42.5 Å². The van der Waals surface area contributed by atoms with Gasteiger partial charge in [-0.2, -0.15) is 0 Å². The number of amides is 3. The van der Waals surface area contributed by atoms with Crippen molar-refractivity contribution in [2.75, 3.05) is 24.0 Å². The van der Waals surface area contributed by atoms with Crippen molar-refractivity contribution in [2.45, 2.75) is 0 Å². The molecule has 1 saturated heterocycles. The fourth-order valence-corrected chi connectivity index (χ4v) is 3.32. The number of carbonyl (C=O) groups is 3. The highest BCUT2D eigenvalue weighted by Crippen LogP contribution is 2.33. The maximum Gasteiger partial charge on any atom is 0.282 e. The van der Waals surface area contributed by atoms with Crippen LogP contribution in [0.1, 0.15) is 5.56 Å². The van der Waals surface area contributed by atoms with Crippen molar-refractivity contribution in [1.29, 1.82) is 0 Å². The number of halogens is 1. The number of carbonyl (C=O) groups excluding carboxylic acids is 3. The van der Waals surface area contributed by atoms with Crippen LogP contribution in [0.4, 0.5) is 15.8 Å². The van der Waals surface area contributed by atoms with Gasteiger partial charge in [0.05, 0.1) is 18.5 Å². The van der Waals surface area contributed by atoms with Crippen LogP contribution in [0.3, 0.4) is 0 Å². The molecule has 0 aromatic heterocycles. The van der Waals surface area contributed by atoms with Gasteiger partial charge < -0.3 is 14.8 Å². The predicted molar refractivity (Wildman–Crippen MR) is 124 cm³/mol. The summed E-state index contributed by atoms with van der Waals surface area (Å²) in [5, 5.41) is 3.58. The molecular formula is C25H20FN3O5. The summed E-state index contributed by atoms with van der Waals surface area (Å²) >= 11 is 0. The summed E-state index contributed by atoms with van der Waals surface area (Å²) in [5.41, 5.74) is 3.30. The average Bonchev–Trinajstić information content (AvgIpc) is 3.13. The van der Waals surface area contributed by atoms with Crippen LogP contribution in [0.25, 0.3) is 6.08 Å². The number of benzene rings is 3. The van der Waals surface area contributed by atoms with Crippen LogP contribution < -0.4 is 25.2 Å². The molecule has 3 aromatic carbocycles. The first-order chi connectivity index (χ1) is 16.5. The maximum atomic E-state index is 13.8. The van der Waals surface area contributed by atoms with Crippen molar-refractivity contribution in [3.05, 3.63) is 89.8 Å². The summed E-state index contributed by atoms with van der Waals surface area (Å²) in [5.74, 6) is -1.85. The minimum Gasteiger partial charge on any atom is -0.493 e. The number of hydrogen-bond acceptors (Lipinski definition) is 5. The third-order valence-electron chi connectivity index (χ3n) is 4.93. The lowest BCUT2D eigenvalue weighted by Gasteiger charge is -2.14. The fourth-order valence-electron chi connectivity index (χ4n) is 3.32. The largest absolute Gasteiger partial charge is 0.493 e. The number of rotatable bonds is 7. The number of anilines is 2. The van der Waals surface area contributed by atoms with E-state index in [2.05, 4.69) is 10.7 Å². The van der Waals surface area contributed by atoms with Gasteiger partial charge in [0.15, 0.2) is 18.1 Å². The minimum atomic E-state index is -0.598. The molecule has 1 aliphatic heterocycles. The van der Waals surface area contributed by atoms with Crippen LogP contribution in [0.5, 0.6) is 11.5 Å². The van der Waals surface area contributed by atoms with Crippen LogP contribution >= 0.6 is 0 Å². The Morgan fingerprint density at radius 2 is 1.76 bits per heavy atom. The summed E-state index contributed by atoms with van der Waals surface area (Å²) in [4.78, 5) is 37.7. The maximum absolute atomic E-state index is 13.8. The van der Waals surface area contributed by atoms with Gasteiger partial charge in [-0.25, -0.2) is 9.40 Å². The Balaban J connectivity index is 1.57. The van der Waals surface area contributed by atoms with Crippen molar-refractivity contribution in [3.63, 3.8) is 0 Å². The molecule has 4 rings (SSSR count). The zero-order valence-corrected chi connectivity index (χ0v) is 18.1. The van der Waals surface area contributed by atoms with Crippen LogP contribution in [0, 0.1) is 5.82 Å². The smallest absolute Gasteiger partial charge is 0.282 e. The van der Waals surface area contributed by atoms with E-state index in [1.165, 1.54) is 31.4 Å². The third kappa shape index (κ3) is 4.73. The Labute approximate surface area is 194 Å². The zero-order valence-electron chi connectivity index (χ0n) is 18.1. The highest BCUT2D eigenvalue weighted by molar-refractivity contribution is 6.31. The van der Waals surface area contributed by atoms with Crippen LogP contribution in [-0.2, 0) is 14.4 Å². The van der Waals surface area contributed by atoms with E-state index in [0.29, 0.717) is 17.0 Å². The first-order valence-electron chi connectivity index (χ1n) is 10.2. The molecule has 0 unspecified atom stereocenters. The molecule has 3 aromatic rings. The molecule has 9 heteroatoms. The lowest BCUT2D eigenvalue weighted by molar-refractivity contribution is -0.118. The highest BCUT2D eigenvalue weighted by atomic mass is 19.1. The molecule has 34 heavy (non-hydrogen) atoms. The standard InChI is InChI=1S/C25H20FN3O5/c1-33-21-13-7-8-16(23(21)34-15-22(30)27-20-12-6-5-11-19(20)26)14-18-24(31)28-29(25(18)32)17-9-3-2-4-10-17/h2-14H,15H2,1H3,(H,27,30)(H,28,31)/b18-14+. The molecular weight excluding hydrogens is 441 g/mol. The molecule has 0 bridgehead atoms. The van der Waals surface area contributed by atoms with E-state index in [-0.39, 0.29) is 17.0 Å². The van der Waals surface area contributed by atoms with Crippen molar-refractivity contribution >= 4 is 35.2 Å². The lowest BCUT2D eigenvalue weighted by atomic mass is 10.1. The van der Waals surface area contributed by atoms with E-state index in [0.717, 1.165) is 5.01 Å². The second-order valence-corrected chi connectivity index (χ2v) is 7.17. The second kappa shape index (κ2) is 9.86. The van der Waals surface area contributed by atoms with Gasteiger partial charge in [-0.3, -0.25) is 19.8 Å². The molecule has 0 atom stereocenters. The summed E-state index contributed by atoms with van der Waals surface area (Å²) in [6, 6.07) is 19.3. The van der Waals surface area contributed by atoms with E-state index < -0.39 is 30.1 Å². The fraction of sp³-hybridized carbons (Fsp3) is 0.0800. The van der Waals surface area contributed by atoms with Crippen LogP contribution in [0.15, 0.2) is 78.4 Å². The molecule has 0 radical (unpaired) electrons. The zero-order chi connectivity index (χ0) is 24.1. The monoisotopic (exact) mass is 461 g/mol. The average molecular weight is 461 g/mol. The molecule has 8 nitrogen and oxygen atoms in total. The van der Waals surface area contributed by atoms with E-state index in [1.54, 1.807) is 54.6 Å². The van der Waals surface area contributed by atoms with Gasteiger partial charge in [0.2, 0.25) is 0 Å². The molecule has 0 spiro atoms. The van der Waals surface area contributed by atoms with Crippen molar-refractivity contribution < 1.29 is 28.2 Å². The number of hydrogen-bond donors (Lipinski definition) is 2. The van der Waals surface area contributed by atoms with Gasteiger partial charge in [0, 0.05) is 5.56 Å². The number of para-hydroxylation sites is 3. The van der Waals surface area contributed by atoms with Gasteiger partial charge >= 0.3 is 0 Å². The molecule has 1 aliphatic rings. The van der Waals surface area contributed by atoms with Crippen molar-refractivity contribution in [3.8, 4) is 11.5 Å². The first-order valence-corrected chi connectivity index (χ1v) is 10.2. The van der Waals surface area contributed by atoms with E-state index in [1.807, 2.05) is 0 Å². The first kappa shape index (κ1) is 22.5. The molecule has 1 heterocycles. The Bertz CT molecular complexity index is 1280. The predicted octanol–water partition coefficient (Wildman–Crippen LogP) is 3.31. The number of nitrogens with zero attached hydrogens (tertiary/aromatic N) is 1. The summed E-state index contributed by atoms with van der Waals surface area (Å²) in [6.45, 7) is -0.457. The number of methoxy groups -OCH3 is 1. The van der Waals surface area contributed by atoms with E-state index in [9.17, 15) is 18.8 Å². The third-order valence-corrected chi connectivity index (χ3v) is 4.93. The van der Waals surface area contributed by atoms with Gasteiger partial charge in [-0.15, -0.1) is 0 Å². The summed E-state index contributed by atoms with van der Waals surface area (Å²) in [6.07, 6.45) is 1.37. The minimum absolute atomic E-state index is 0.0210. The van der Waals surface area contributed by atoms with Crippen molar-refractivity contribution in [2.24, 2.45) is 0 Å². The SMILES string of the molecule is COc1cccc(/C=C2\C(=O)NN(c3ccccc3)C2=O)c1OCC(=O)Nc1ccccc1F. The lowest BCUT2D eigenvalue weighted by Crippen LogP contribution is -2.35. The molecule has 2 N–H and O–H groups in total. The summed E-state index contributed by atoms with van der Waals surface area (Å²) in [7, 11) is 1.42. The van der Waals surface area contributed by atoms with Crippen LogP contribution in [-0.4, -0.2) is 31.4 Å². The molecule has 0 aliphatic carbocycles. The topological polar surface area (TPSA) is 97.0 Å². The van der Waals surface area contributed by atoms with Gasteiger partial charge in [0.25, 0.3) is 17.7 Å². The second-order valence-electron chi connectivity index (χ2n) is 7.17. The molecule has 1 fully saturated rings. The Morgan fingerprint density at radius 1 is 1.03 bits per heavy atom. The number of nitrogens with one attached hydrogen (secondary N) is 2. The molecule has 3 amide bonds. The quantitative estimate of drug-likeness (QED) is 0.416. The Hall–Kier alpha value is -4.66. The Morgan fingerprint density at radius 3 is 2.50 bits per heavy atom. The van der Waals surface area contributed by atoms with Gasteiger partial charge in [0.1, 0.15) is 11.4 Å². The highest BCUT2D eigenvalue weighted by Gasteiger charge is 2.34. The normalized spacial score (nSPS) is 14.2. The molecule has 172 valence electrons. The molecule has 0 saturated carbocycles. The summed E-state index contributed by atoms with van der Waals surface area (Å²) < 4.78 is 24.8. The van der Waals surface area contributed by atoms with E-state index in [4.69, 9.17) is 9.47 Å². The number of ether oxygens (including phenoxy) is 2. The van der Waals surface area contributed by atoms with Gasteiger partial charge in [-0.05, 0) is 36.4 Å². The number of hydrazine groups is 1. The van der Waals surface area contributed by atoms with Crippen molar-refractivity contribution in [1.82, 2.24) is 5.43 Å². The Kier molecular flexibility index (Phi) is 6.54.